The van der Waals surface area contributed by atoms with Crippen LogP contribution in [0.4, 0.5) is 9.93 Å². The van der Waals surface area contributed by atoms with Gasteiger partial charge in [0, 0.05) is 25.3 Å². The molecule has 1 atom stereocenters. The minimum absolute atomic E-state index is 0.200. The van der Waals surface area contributed by atoms with E-state index in [1.165, 1.54) is 35.5 Å². The molecule has 0 spiro atoms. The van der Waals surface area contributed by atoms with Crippen molar-refractivity contribution in [2.24, 2.45) is 0 Å². The molecule has 1 saturated carbocycles. The number of aromatic nitrogens is 2. The summed E-state index contributed by atoms with van der Waals surface area (Å²) in [5.41, 5.74) is 0.437. The van der Waals surface area contributed by atoms with Crippen LogP contribution in [-0.4, -0.2) is 45.3 Å². The van der Waals surface area contributed by atoms with Gasteiger partial charge in [-0.1, -0.05) is 53.5 Å². The third kappa shape index (κ3) is 4.36. The van der Waals surface area contributed by atoms with E-state index in [0.29, 0.717) is 35.9 Å². The lowest BCUT2D eigenvalue weighted by molar-refractivity contribution is -0.149. The molecular weight excluding hydrogens is 420 g/mol. The Morgan fingerprint density at radius 3 is 2.73 bits per heavy atom. The van der Waals surface area contributed by atoms with Gasteiger partial charge in [-0.3, -0.25) is 4.79 Å². The smallest absolute Gasteiger partial charge is 0.330 e. The lowest BCUT2D eigenvalue weighted by Gasteiger charge is -2.38. The van der Waals surface area contributed by atoms with Crippen molar-refractivity contribution in [3.05, 3.63) is 5.01 Å². The van der Waals surface area contributed by atoms with Gasteiger partial charge in [-0.25, -0.2) is 9.69 Å². The highest BCUT2D eigenvalue weighted by Gasteiger charge is 2.38. The van der Waals surface area contributed by atoms with Crippen LogP contribution in [0.15, 0.2) is 0 Å². The number of carbonyl (C=O) groups is 2. The van der Waals surface area contributed by atoms with E-state index in [1.54, 1.807) is 4.90 Å². The normalized spacial score (nSPS) is 21.9. The third-order valence-electron chi connectivity index (χ3n) is 4.87. The zero-order chi connectivity index (χ0) is 18.5. The van der Waals surface area contributed by atoms with Crippen LogP contribution in [0.3, 0.4) is 0 Å². The number of alkyl halides is 1. The maximum Gasteiger partial charge on any atom is 0.330 e. The van der Waals surface area contributed by atoms with Crippen molar-refractivity contribution < 1.29 is 14.3 Å². The van der Waals surface area contributed by atoms with E-state index in [1.807, 2.05) is 6.92 Å². The quantitative estimate of drug-likeness (QED) is 0.372. The third-order valence-corrected chi connectivity index (χ3v) is 6.56. The van der Waals surface area contributed by atoms with Crippen LogP contribution in [0.25, 0.3) is 0 Å². The second-order valence-electron chi connectivity index (χ2n) is 6.78. The highest BCUT2D eigenvalue weighted by molar-refractivity contribution is 9.09. The summed E-state index contributed by atoms with van der Waals surface area (Å²) < 4.78 is 5.58. The molecule has 1 aliphatic carbocycles. The monoisotopic (exact) mass is 444 g/mol. The van der Waals surface area contributed by atoms with Crippen LogP contribution in [0.5, 0.6) is 0 Å². The molecule has 9 heteroatoms. The zero-order valence-corrected chi connectivity index (χ0v) is 17.4. The molecule has 1 unspecified atom stereocenters. The van der Waals surface area contributed by atoms with Crippen molar-refractivity contribution in [1.29, 1.82) is 0 Å². The second-order valence-corrected chi connectivity index (χ2v) is 8.27. The molecule has 0 aromatic carbocycles. The van der Waals surface area contributed by atoms with Gasteiger partial charge < -0.3 is 9.64 Å². The van der Waals surface area contributed by atoms with Crippen LogP contribution in [0, 0.1) is 0 Å². The Balaban J connectivity index is 1.80. The number of hydrogen-bond donors (Lipinski definition) is 0. The number of amides is 2. The van der Waals surface area contributed by atoms with Crippen LogP contribution in [0.2, 0.25) is 0 Å². The number of carbonyl (C=O) groups excluding carboxylic acids is 2. The number of esters is 1. The van der Waals surface area contributed by atoms with Crippen molar-refractivity contribution in [3.8, 4) is 0 Å². The minimum atomic E-state index is -0.607. The summed E-state index contributed by atoms with van der Waals surface area (Å²) in [5, 5.41) is 10.1. The van der Waals surface area contributed by atoms with E-state index < -0.39 is 6.23 Å². The number of ether oxygens (including phenoxy) is 1. The van der Waals surface area contributed by atoms with E-state index >= 15 is 0 Å². The molecular formula is C17H25BrN4O3S. The molecule has 1 aromatic rings. The summed E-state index contributed by atoms with van der Waals surface area (Å²) in [4.78, 5) is 28.0. The fourth-order valence-electron chi connectivity index (χ4n) is 3.45. The van der Waals surface area contributed by atoms with Gasteiger partial charge in [-0.05, 0) is 19.3 Å². The Kier molecular flexibility index (Phi) is 6.86. The van der Waals surface area contributed by atoms with Gasteiger partial charge in [0.25, 0.3) is 0 Å². The molecule has 1 saturated heterocycles. The van der Waals surface area contributed by atoms with Crippen molar-refractivity contribution in [2.45, 2.75) is 70.4 Å². The largest absolute Gasteiger partial charge is 0.441 e. The highest BCUT2D eigenvalue weighted by Crippen LogP contribution is 2.37. The first-order chi connectivity index (χ1) is 12.6. The van der Waals surface area contributed by atoms with E-state index in [2.05, 4.69) is 26.1 Å². The van der Waals surface area contributed by atoms with E-state index in [-0.39, 0.29) is 12.0 Å². The zero-order valence-electron chi connectivity index (χ0n) is 15.0. The van der Waals surface area contributed by atoms with E-state index in [9.17, 15) is 9.59 Å². The molecule has 1 aliphatic heterocycles. The SMILES string of the molecule is CCCC(=O)OC1CCN(CBr)C(=O)N1c1nnc(C2CCCCC2)s1. The predicted octanol–water partition coefficient (Wildman–Crippen LogP) is 4.24. The topological polar surface area (TPSA) is 75.6 Å². The fraction of sp³-hybridized carbons (Fsp3) is 0.765. The van der Waals surface area contributed by atoms with Crippen LogP contribution in [0.1, 0.15) is 69.2 Å². The molecule has 2 amide bonds. The van der Waals surface area contributed by atoms with Gasteiger partial charge in [0.1, 0.15) is 5.01 Å². The van der Waals surface area contributed by atoms with Crippen molar-refractivity contribution in [1.82, 2.24) is 15.1 Å². The van der Waals surface area contributed by atoms with Crippen LogP contribution < -0.4 is 4.90 Å². The predicted molar refractivity (Wildman–Crippen MR) is 104 cm³/mol. The number of nitrogens with zero attached hydrogens (tertiary/aromatic N) is 4. The van der Waals surface area contributed by atoms with Crippen LogP contribution >= 0.6 is 27.3 Å². The van der Waals surface area contributed by atoms with Crippen molar-refractivity contribution in [2.75, 3.05) is 16.9 Å². The van der Waals surface area contributed by atoms with Crippen molar-refractivity contribution >= 4 is 44.4 Å². The summed E-state index contributed by atoms with van der Waals surface area (Å²) in [6.45, 7) is 2.47. The average Bonchev–Trinajstić information content (AvgIpc) is 3.12. The summed E-state index contributed by atoms with van der Waals surface area (Å²) in [6.07, 6.45) is 7.00. The molecule has 7 nitrogen and oxygen atoms in total. The molecule has 2 fully saturated rings. The summed E-state index contributed by atoms with van der Waals surface area (Å²) >= 11 is 4.81. The van der Waals surface area contributed by atoms with Gasteiger partial charge in [-0.2, -0.15) is 0 Å². The Labute approximate surface area is 166 Å². The summed E-state index contributed by atoms with van der Waals surface area (Å²) in [6, 6.07) is -0.200. The Morgan fingerprint density at radius 1 is 1.27 bits per heavy atom. The number of halogens is 1. The summed E-state index contributed by atoms with van der Waals surface area (Å²) in [5.74, 6) is 0.155. The highest BCUT2D eigenvalue weighted by atomic mass is 79.9. The number of hydrogen-bond acceptors (Lipinski definition) is 6. The van der Waals surface area contributed by atoms with Gasteiger partial charge in [0.05, 0.1) is 5.45 Å². The van der Waals surface area contributed by atoms with Crippen LogP contribution in [-0.2, 0) is 9.53 Å². The first kappa shape index (κ1) is 19.5. The molecule has 0 N–H and O–H groups in total. The minimum Gasteiger partial charge on any atom is -0.441 e. The maximum absolute atomic E-state index is 12.9. The second kappa shape index (κ2) is 9.12. The number of urea groups is 1. The first-order valence-corrected chi connectivity index (χ1v) is 11.2. The summed E-state index contributed by atoms with van der Waals surface area (Å²) in [7, 11) is 0. The first-order valence-electron chi connectivity index (χ1n) is 9.31. The average molecular weight is 445 g/mol. The number of anilines is 1. The van der Waals surface area contributed by atoms with Gasteiger partial charge in [-0.15, -0.1) is 10.2 Å². The van der Waals surface area contributed by atoms with Gasteiger partial charge in [0.15, 0.2) is 6.23 Å². The molecule has 0 bridgehead atoms. The maximum atomic E-state index is 12.9. The fourth-order valence-corrected chi connectivity index (χ4v) is 4.96. The van der Waals surface area contributed by atoms with E-state index in [4.69, 9.17) is 4.74 Å². The van der Waals surface area contributed by atoms with Gasteiger partial charge >= 0.3 is 12.0 Å². The Hall–Kier alpha value is -1.22. The molecule has 2 aliphatic rings. The van der Waals surface area contributed by atoms with E-state index in [0.717, 1.165) is 24.3 Å². The van der Waals surface area contributed by atoms with Gasteiger partial charge in [0.2, 0.25) is 5.13 Å². The molecule has 144 valence electrons. The lowest BCUT2D eigenvalue weighted by atomic mass is 9.90. The lowest BCUT2D eigenvalue weighted by Crippen LogP contribution is -2.55. The molecule has 2 heterocycles. The molecule has 26 heavy (non-hydrogen) atoms. The Bertz CT molecular complexity index is 635. The molecule has 1 aromatic heterocycles. The molecule has 3 rings (SSSR count). The number of rotatable bonds is 6. The standard InChI is InChI=1S/C17H25BrN4O3S/c1-2-6-14(23)25-13-9-10-21(11-18)17(24)22(13)16-20-19-15(26-16)12-7-4-3-5-8-12/h12-13H,2-11H2,1H3. The Morgan fingerprint density at radius 2 is 2.04 bits per heavy atom. The molecule has 0 radical (unpaired) electrons. The van der Waals surface area contributed by atoms with Crippen molar-refractivity contribution in [3.63, 3.8) is 0 Å².